The normalized spacial score (nSPS) is 21.9. The number of hydrogen-bond donors (Lipinski definition) is 1. The minimum atomic E-state index is -0.833. The van der Waals surface area contributed by atoms with Crippen LogP contribution in [0.2, 0.25) is 0 Å². The highest BCUT2D eigenvalue weighted by Gasteiger charge is 2.25. The van der Waals surface area contributed by atoms with Crippen LogP contribution in [0.4, 0.5) is 0 Å². The molecule has 1 heterocycles. The number of hydrogen-bond acceptors (Lipinski definition) is 2. The predicted molar refractivity (Wildman–Crippen MR) is 49.8 cm³/mol. The Kier molecular flexibility index (Phi) is 5.82. The molecule has 4 nitrogen and oxygen atoms in total. The van der Waals surface area contributed by atoms with Crippen LogP contribution in [0.1, 0.15) is 19.8 Å². The van der Waals surface area contributed by atoms with Crippen molar-refractivity contribution in [1.29, 1.82) is 0 Å². The van der Waals surface area contributed by atoms with Gasteiger partial charge in [0.2, 0.25) is 0 Å². The number of carboxylic acids is 1. The number of aliphatic carboxylic acids is 1. The first-order valence-corrected chi connectivity index (χ1v) is 4.53. The number of halogens is 2. The van der Waals surface area contributed by atoms with E-state index in [0.717, 1.165) is 24.2 Å². The number of alkyl halides is 1. The van der Waals surface area contributed by atoms with E-state index >= 15 is 0 Å². The summed E-state index contributed by atoms with van der Waals surface area (Å²) in [5.41, 5.74) is 0. The van der Waals surface area contributed by atoms with Gasteiger partial charge in [-0.2, -0.15) is 0 Å². The second-order valence-electron chi connectivity index (χ2n) is 2.55. The first kappa shape index (κ1) is 12.5. The summed E-state index contributed by atoms with van der Waals surface area (Å²) in [5.74, 6) is -0.996. The maximum atomic E-state index is 10.8. The lowest BCUT2D eigenvalue weighted by atomic mass is 10.1. The molecule has 1 N–H and O–H groups in total. The van der Waals surface area contributed by atoms with Crippen molar-refractivity contribution in [3.8, 4) is 0 Å². The number of piperidine rings is 1. The Hall–Kier alpha value is -0.480. The van der Waals surface area contributed by atoms with Crippen molar-refractivity contribution in [2.45, 2.75) is 25.1 Å². The van der Waals surface area contributed by atoms with Crippen molar-refractivity contribution >= 4 is 35.3 Å². The van der Waals surface area contributed by atoms with Gasteiger partial charge in [-0.1, -0.05) is 0 Å². The standard InChI is InChI=1S/C5H7Cl2NO.C2H4O2/c6-4-2-1-3-8(7)5(4)9;1-2(3)4/h4H,1-3H2;1H3,(H,3,4). The third kappa shape index (κ3) is 5.71. The van der Waals surface area contributed by atoms with Gasteiger partial charge in [0.25, 0.3) is 11.9 Å². The van der Waals surface area contributed by atoms with Crippen LogP contribution < -0.4 is 0 Å². The summed E-state index contributed by atoms with van der Waals surface area (Å²) >= 11 is 11.0. The number of amides is 1. The van der Waals surface area contributed by atoms with Gasteiger partial charge in [0.05, 0.1) is 0 Å². The fraction of sp³-hybridized carbons (Fsp3) is 0.714. The molecule has 0 saturated carbocycles. The van der Waals surface area contributed by atoms with Crippen molar-refractivity contribution < 1.29 is 14.7 Å². The van der Waals surface area contributed by atoms with Gasteiger partial charge in [-0.25, -0.2) is 0 Å². The quantitative estimate of drug-likeness (QED) is 0.504. The maximum Gasteiger partial charge on any atom is 0.300 e. The first-order chi connectivity index (χ1) is 5.95. The molecule has 1 rings (SSSR count). The van der Waals surface area contributed by atoms with E-state index in [4.69, 9.17) is 33.3 Å². The third-order valence-electron chi connectivity index (χ3n) is 1.32. The summed E-state index contributed by atoms with van der Waals surface area (Å²) in [4.78, 5) is 19.8. The topological polar surface area (TPSA) is 57.6 Å². The summed E-state index contributed by atoms with van der Waals surface area (Å²) in [5, 5.41) is 7.02. The van der Waals surface area contributed by atoms with Crippen molar-refractivity contribution in [1.82, 2.24) is 4.42 Å². The Labute approximate surface area is 86.5 Å². The van der Waals surface area contributed by atoms with Crippen molar-refractivity contribution in [3.05, 3.63) is 0 Å². The van der Waals surface area contributed by atoms with E-state index < -0.39 is 11.3 Å². The van der Waals surface area contributed by atoms with Crippen LogP contribution in [-0.2, 0) is 9.59 Å². The molecule has 1 fully saturated rings. The van der Waals surface area contributed by atoms with Gasteiger partial charge in [-0.05, 0) is 12.8 Å². The van der Waals surface area contributed by atoms with Gasteiger partial charge in [-0.15, -0.1) is 11.6 Å². The summed E-state index contributed by atoms with van der Waals surface area (Å²) in [6.45, 7) is 1.71. The molecule has 0 aromatic carbocycles. The van der Waals surface area contributed by atoms with Gasteiger partial charge in [0, 0.05) is 25.2 Å². The molecule has 1 saturated heterocycles. The molecule has 6 heteroatoms. The van der Waals surface area contributed by atoms with Crippen molar-refractivity contribution in [2.75, 3.05) is 6.54 Å². The lowest BCUT2D eigenvalue weighted by Gasteiger charge is -2.22. The van der Waals surface area contributed by atoms with Crippen LogP contribution in [-0.4, -0.2) is 33.3 Å². The highest BCUT2D eigenvalue weighted by atomic mass is 35.5. The average molecular weight is 228 g/mol. The fourth-order valence-corrected chi connectivity index (χ4v) is 1.35. The van der Waals surface area contributed by atoms with Gasteiger partial charge >= 0.3 is 0 Å². The maximum absolute atomic E-state index is 10.8. The molecule has 0 aromatic rings. The van der Waals surface area contributed by atoms with Gasteiger partial charge < -0.3 is 5.11 Å². The van der Waals surface area contributed by atoms with Gasteiger partial charge in [0.15, 0.2) is 0 Å². The Morgan fingerprint density at radius 2 is 2.15 bits per heavy atom. The second-order valence-corrected chi connectivity index (χ2v) is 3.49. The van der Waals surface area contributed by atoms with E-state index in [-0.39, 0.29) is 5.91 Å². The molecule has 0 aromatic heterocycles. The first-order valence-electron chi connectivity index (χ1n) is 3.76. The Bertz CT molecular complexity index is 182. The largest absolute Gasteiger partial charge is 0.481 e. The van der Waals surface area contributed by atoms with Gasteiger partial charge in [-0.3, -0.25) is 14.0 Å². The number of rotatable bonds is 0. The zero-order valence-electron chi connectivity index (χ0n) is 7.17. The molecule has 0 spiro atoms. The zero-order valence-corrected chi connectivity index (χ0v) is 8.68. The number of carbonyl (C=O) groups is 2. The Morgan fingerprint density at radius 1 is 1.69 bits per heavy atom. The lowest BCUT2D eigenvalue weighted by molar-refractivity contribution is -0.134. The van der Waals surface area contributed by atoms with Crippen LogP contribution >= 0.6 is 23.4 Å². The van der Waals surface area contributed by atoms with Gasteiger partial charge in [0.1, 0.15) is 5.38 Å². The smallest absolute Gasteiger partial charge is 0.300 e. The minimum absolute atomic E-state index is 0.162. The lowest BCUT2D eigenvalue weighted by Crippen LogP contribution is -2.35. The van der Waals surface area contributed by atoms with E-state index in [1.807, 2.05) is 0 Å². The minimum Gasteiger partial charge on any atom is -0.481 e. The molecule has 1 atom stereocenters. The monoisotopic (exact) mass is 227 g/mol. The summed E-state index contributed by atoms with van der Waals surface area (Å²) < 4.78 is 1.15. The molecular weight excluding hydrogens is 217 g/mol. The molecule has 0 bridgehead atoms. The molecule has 76 valence electrons. The summed E-state index contributed by atoms with van der Waals surface area (Å²) in [7, 11) is 0. The summed E-state index contributed by atoms with van der Waals surface area (Å²) in [6, 6.07) is 0. The van der Waals surface area contributed by atoms with E-state index in [2.05, 4.69) is 0 Å². The van der Waals surface area contributed by atoms with Crippen LogP contribution in [0.5, 0.6) is 0 Å². The highest BCUT2D eigenvalue weighted by Crippen LogP contribution is 2.17. The van der Waals surface area contributed by atoms with E-state index in [9.17, 15) is 4.79 Å². The molecule has 1 unspecified atom stereocenters. The molecule has 0 aliphatic carbocycles. The predicted octanol–water partition coefficient (Wildman–Crippen LogP) is 1.46. The molecule has 0 radical (unpaired) electrons. The Balaban J connectivity index is 0.000000310. The SMILES string of the molecule is CC(=O)O.O=C1C(Cl)CCCN1Cl. The molecular formula is C7H11Cl2NO3. The van der Waals surface area contributed by atoms with Crippen molar-refractivity contribution in [3.63, 3.8) is 0 Å². The van der Waals surface area contributed by atoms with E-state index in [0.29, 0.717) is 6.54 Å². The van der Waals surface area contributed by atoms with E-state index in [1.165, 1.54) is 0 Å². The van der Waals surface area contributed by atoms with E-state index in [1.54, 1.807) is 0 Å². The van der Waals surface area contributed by atoms with Crippen LogP contribution in [0.3, 0.4) is 0 Å². The van der Waals surface area contributed by atoms with Crippen LogP contribution in [0.25, 0.3) is 0 Å². The van der Waals surface area contributed by atoms with Crippen LogP contribution in [0.15, 0.2) is 0 Å². The number of nitrogens with zero attached hydrogens (tertiary/aromatic N) is 1. The Morgan fingerprint density at radius 3 is 2.46 bits per heavy atom. The average Bonchev–Trinajstić information content (AvgIpc) is 1.99. The second kappa shape index (κ2) is 6.05. The molecule has 1 aliphatic rings. The van der Waals surface area contributed by atoms with Crippen LogP contribution in [0, 0.1) is 0 Å². The summed E-state index contributed by atoms with van der Waals surface area (Å²) in [6.07, 6.45) is 1.66. The number of carbonyl (C=O) groups excluding carboxylic acids is 1. The fourth-order valence-electron chi connectivity index (χ4n) is 0.795. The third-order valence-corrected chi connectivity index (χ3v) is 2.06. The molecule has 13 heavy (non-hydrogen) atoms. The number of carboxylic acid groups (broad SMARTS) is 1. The highest BCUT2D eigenvalue weighted by molar-refractivity contribution is 6.35. The van der Waals surface area contributed by atoms with Crippen molar-refractivity contribution in [2.24, 2.45) is 0 Å². The molecule has 1 aliphatic heterocycles. The zero-order chi connectivity index (χ0) is 10.4. The molecule has 1 amide bonds.